The van der Waals surface area contributed by atoms with E-state index in [0.717, 1.165) is 25.2 Å². The van der Waals surface area contributed by atoms with Crippen molar-refractivity contribution in [1.82, 2.24) is 0 Å². The molecule has 3 heteroatoms. The van der Waals surface area contributed by atoms with Crippen molar-refractivity contribution in [2.45, 2.75) is 30.5 Å². The molecule has 2 aliphatic carbocycles. The van der Waals surface area contributed by atoms with Gasteiger partial charge in [0, 0.05) is 4.83 Å². The highest BCUT2D eigenvalue weighted by atomic mass is 79.9. The maximum absolute atomic E-state index is 11.6. The summed E-state index contributed by atoms with van der Waals surface area (Å²) in [4.78, 5) is 11.9. The van der Waals surface area contributed by atoms with Crippen molar-refractivity contribution in [2.24, 2.45) is 11.3 Å². The lowest BCUT2D eigenvalue weighted by molar-refractivity contribution is -0.151. The highest BCUT2D eigenvalue weighted by Crippen LogP contribution is 2.57. The maximum atomic E-state index is 11.6. The van der Waals surface area contributed by atoms with Gasteiger partial charge in [-0.2, -0.15) is 0 Å². The van der Waals surface area contributed by atoms with E-state index in [0.29, 0.717) is 4.83 Å². The summed E-state index contributed by atoms with van der Waals surface area (Å²) >= 11 is 3.59. The number of hydrogen-bond acceptors (Lipinski definition) is 2. The van der Waals surface area contributed by atoms with Crippen molar-refractivity contribution < 1.29 is 9.53 Å². The second-order valence-corrected chi connectivity index (χ2v) is 5.07. The van der Waals surface area contributed by atoms with Gasteiger partial charge in [-0.15, -0.1) is 0 Å². The molecule has 0 saturated heterocycles. The number of ether oxygens (including phenoxy) is 1. The Morgan fingerprint density at radius 1 is 1.67 bits per heavy atom. The van der Waals surface area contributed by atoms with Gasteiger partial charge in [0.1, 0.15) is 0 Å². The van der Waals surface area contributed by atoms with Crippen LogP contribution in [0.15, 0.2) is 0 Å². The van der Waals surface area contributed by atoms with Gasteiger partial charge in [-0.25, -0.2) is 0 Å². The minimum absolute atomic E-state index is 0.00984. The zero-order valence-electron chi connectivity index (χ0n) is 7.18. The van der Waals surface area contributed by atoms with Crippen LogP contribution in [0.3, 0.4) is 0 Å². The molecule has 0 aromatic rings. The van der Waals surface area contributed by atoms with Gasteiger partial charge in [-0.1, -0.05) is 15.9 Å². The predicted octanol–water partition coefficient (Wildman–Crippen LogP) is 2.11. The summed E-state index contributed by atoms with van der Waals surface area (Å²) in [6.45, 7) is 0. The van der Waals surface area contributed by atoms with Crippen molar-refractivity contribution in [2.75, 3.05) is 7.11 Å². The van der Waals surface area contributed by atoms with Gasteiger partial charge in [-0.05, 0) is 31.6 Å². The van der Waals surface area contributed by atoms with Crippen molar-refractivity contribution >= 4 is 21.9 Å². The number of fused-ring (bicyclic) bond motifs is 2. The predicted molar refractivity (Wildman–Crippen MR) is 49.1 cm³/mol. The molecule has 0 radical (unpaired) electrons. The summed E-state index contributed by atoms with van der Waals surface area (Å²) in [5.74, 6) is 0.748. The van der Waals surface area contributed by atoms with Crippen LogP contribution in [0, 0.1) is 11.3 Å². The van der Waals surface area contributed by atoms with E-state index >= 15 is 0 Å². The molecule has 0 aromatic carbocycles. The molecule has 68 valence electrons. The van der Waals surface area contributed by atoms with Gasteiger partial charge >= 0.3 is 5.97 Å². The first-order valence-electron chi connectivity index (χ1n) is 4.41. The fraction of sp³-hybridized carbons (Fsp3) is 0.889. The van der Waals surface area contributed by atoms with Crippen LogP contribution in [0.4, 0.5) is 0 Å². The monoisotopic (exact) mass is 232 g/mol. The molecule has 2 rings (SSSR count). The van der Waals surface area contributed by atoms with E-state index in [2.05, 4.69) is 15.9 Å². The summed E-state index contributed by atoms with van der Waals surface area (Å²) in [5, 5.41) is 0. The molecule has 3 atom stereocenters. The molecule has 2 fully saturated rings. The molecule has 2 saturated carbocycles. The lowest BCUT2D eigenvalue weighted by Crippen LogP contribution is -2.35. The number of carbonyl (C=O) groups excluding carboxylic acids is 1. The van der Waals surface area contributed by atoms with E-state index in [1.165, 1.54) is 13.5 Å². The Morgan fingerprint density at radius 2 is 2.42 bits per heavy atom. The van der Waals surface area contributed by atoms with Crippen molar-refractivity contribution in [3.05, 3.63) is 0 Å². The Labute approximate surface area is 80.8 Å². The molecular formula is C9H13BrO2. The molecule has 0 spiro atoms. The van der Waals surface area contributed by atoms with E-state index in [-0.39, 0.29) is 11.4 Å². The van der Waals surface area contributed by atoms with E-state index in [4.69, 9.17) is 4.74 Å². The van der Waals surface area contributed by atoms with Crippen LogP contribution in [0.25, 0.3) is 0 Å². The minimum Gasteiger partial charge on any atom is -0.469 e. The van der Waals surface area contributed by atoms with Crippen LogP contribution in [-0.4, -0.2) is 17.9 Å². The molecular weight excluding hydrogens is 220 g/mol. The van der Waals surface area contributed by atoms with Gasteiger partial charge in [0.2, 0.25) is 0 Å². The Kier molecular flexibility index (Phi) is 1.94. The third-order valence-electron chi connectivity index (χ3n) is 3.38. The lowest BCUT2D eigenvalue weighted by atomic mass is 9.84. The molecule has 0 aliphatic heterocycles. The zero-order chi connectivity index (χ0) is 8.77. The van der Waals surface area contributed by atoms with Gasteiger partial charge in [0.25, 0.3) is 0 Å². The molecule has 2 aliphatic rings. The van der Waals surface area contributed by atoms with E-state index in [1.54, 1.807) is 0 Å². The van der Waals surface area contributed by atoms with Crippen molar-refractivity contribution in [3.63, 3.8) is 0 Å². The largest absolute Gasteiger partial charge is 0.469 e. The number of halogens is 1. The quantitative estimate of drug-likeness (QED) is 0.512. The van der Waals surface area contributed by atoms with Crippen LogP contribution in [0.2, 0.25) is 0 Å². The summed E-state index contributed by atoms with van der Waals surface area (Å²) in [5.41, 5.74) is -0.167. The SMILES string of the molecule is COC(=O)[C@]12CC[C@@H](C[C@@H]1Br)C2. The third-order valence-corrected chi connectivity index (χ3v) is 4.63. The Morgan fingerprint density at radius 3 is 2.83 bits per heavy atom. The normalized spacial score (nSPS) is 44.8. The average Bonchev–Trinajstić information content (AvgIpc) is 2.60. The number of hydrogen-bond donors (Lipinski definition) is 0. The van der Waals surface area contributed by atoms with Gasteiger partial charge in [0.05, 0.1) is 12.5 Å². The molecule has 0 heterocycles. The summed E-state index contributed by atoms with van der Waals surface area (Å²) in [6.07, 6.45) is 4.40. The number of carbonyl (C=O) groups is 1. The number of methoxy groups -OCH3 is 1. The standard InChI is InChI=1S/C9H13BrO2/c1-12-8(11)9-3-2-6(5-9)4-7(9)10/h6-7H,2-5H2,1H3/t6-,7-,9-/m0/s1. The van der Waals surface area contributed by atoms with E-state index in [9.17, 15) is 4.79 Å². The fourth-order valence-electron chi connectivity index (χ4n) is 2.70. The Hall–Kier alpha value is -0.0500. The number of rotatable bonds is 1. The Balaban J connectivity index is 2.23. The second-order valence-electron chi connectivity index (χ2n) is 3.96. The van der Waals surface area contributed by atoms with Gasteiger partial charge in [-0.3, -0.25) is 4.79 Å². The van der Waals surface area contributed by atoms with Gasteiger partial charge < -0.3 is 4.74 Å². The van der Waals surface area contributed by atoms with Crippen LogP contribution >= 0.6 is 15.9 Å². The van der Waals surface area contributed by atoms with Crippen LogP contribution < -0.4 is 0 Å². The highest BCUT2D eigenvalue weighted by Gasteiger charge is 2.56. The van der Waals surface area contributed by atoms with Crippen molar-refractivity contribution in [3.8, 4) is 0 Å². The number of esters is 1. The van der Waals surface area contributed by atoms with Crippen LogP contribution in [-0.2, 0) is 9.53 Å². The first kappa shape index (κ1) is 8.54. The zero-order valence-corrected chi connectivity index (χ0v) is 8.76. The topological polar surface area (TPSA) is 26.3 Å². The molecule has 12 heavy (non-hydrogen) atoms. The summed E-state index contributed by atoms with van der Waals surface area (Å²) in [7, 11) is 1.49. The molecule has 0 aromatic heterocycles. The Bertz CT molecular complexity index is 217. The lowest BCUT2D eigenvalue weighted by Gasteiger charge is -2.28. The fourth-order valence-corrected chi connectivity index (χ4v) is 3.83. The van der Waals surface area contributed by atoms with Crippen molar-refractivity contribution in [1.29, 1.82) is 0 Å². The first-order chi connectivity index (χ1) is 5.69. The molecule has 0 N–H and O–H groups in total. The molecule has 0 amide bonds. The summed E-state index contributed by atoms with van der Waals surface area (Å²) in [6, 6.07) is 0. The van der Waals surface area contributed by atoms with E-state index < -0.39 is 0 Å². The molecule has 0 unspecified atom stereocenters. The minimum atomic E-state index is -0.167. The molecule has 2 nitrogen and oxygen atoms in total. The summed E-state index contributed by atoms with van der Waals surface area (Å²) < 4.78 is 4.86. The molecule has 2 bridgehead atoms. The van der Waals surface area contributed by atoms with Crippen LogP contribution in [0.5, 0.6) is 0 Å². The first-order valence-corrected chi connectivity index (χ1v) is 5.33. The smallest absolute Gasteiger partial charge is 0.312 e. The van der Waals surface area contributed by atoms with Crippen LogP contribution in [0.1, 0.15) is 25.7 Å². The van der Waals surface area contributed by atoms with Gasteiger partial charge in [0.15, 0.2) is 0 Å². The van der Waals surface area contributed by atoms with E-state index in [1.807, 2.05) is 0 Å². The number of alkyl halides is 1. The second kappa shape index (κ2) is 2.72. The highest BCUT2D eigenvalue weighted by molar-refractivity contribution is 9.09. The maximum Gasteiger partial charge on any atom is 0.312 e. The average molecular weight is 233 g/mol. The third kappa shape index (κ3) is 0.951.